The summed E-state index contributed by atoms with van der Waals surface area (Å²) >= 11 is 0. The van der Waals surface area contributed by atoms with E-state index in [9.17, 15) is 9.59 Å². The second-order valence-electron chi connectivity index (χ2n) is 12.9. The number of hydrogen-bond acceptors (Lipinski definition) is 7. The van der Waals surface area contributed by atoms with E-state index in [1.807, 2.05) is 44.3 Å². The van der Waals surface area contributed by atoms with E-state index < -0.39 is 18.0 Å². The molecule has 2 amide bonds. The Morgan fingerprint density at radius 2 is 1.67 bits per heavy atom. The highest BCUT2D eigenvalue weighted by molar-refractivity contribution is 5.89. The average Bonchev–Trinajstić information content (AvgIpc) is 3.93. The molecule has 11 nitrogen and oxygen atoms in total. The monoisotopic (exact) mass is 650 g/mol. The van der Waals surface area contributed by atoms with Crippen molar-refractivity contribution in [1.29, 1.82) is 0 Å². The maximum atomic E-state index is 15.6. The van der Waals surface area contributed by atoms with E-state index >= 15 is 4.39 Å². The Kier molecular flexibility index (Phi) is 8.65. The normalized spacial score (nSPS) is 18.5. The van der Waals surface area contributed by atoms with E-state index in [4.69, 9.17) is 4.74 Å². The first-order valence-corrected chi connectivity index (χ1v) is 16.5. The summed E-state index contributed by atoms with van der Waals surface area (Å²) in [5, 5.41) is 8.05. The predicted octanol–water partition coefficient (Wildman–Crippen LogP) is 6.29. The summed E-state index contributed by atoms with van der Waals surface area (Å²) < 4.78 is 20.4. The number of carbonyl (C=O) groups excluding carboxylic acids is 2. The summed E-state index contributed by atoms with van der Waals surface area (Å²) in [6.07, 6.45) is 8.43. The largest absolute Gasteiger partial charge is 0.453 e. The van der Waals surface area contributed by atoms with Crippen LogP contribution in [0.4, 0.5) is 9.18 Å². The zero-order valence-electron chi connectivity index (χ0n) is 27.2. The van der Waals surface area contributed by atoms with Crippen LogP contribution in [0.15, 0.2) is 61.1 Å². The van der Waals surface area contributed by atoms with E-state index in [-0.39, 0.29) is 23.9 Å². The van der Waals surface area contributed by atoms with Gasteiger partial charge in [0, 0.05) is 34.8 Å². The number of rotatable bonds is 8. The molecule has 2 aliphatic rings. The Bertz CT molecular complexity index is 1960. The lowest BCUT2D eigenvalue weighted by molar-refractivity contribution is -0.135. The fraction of sp³-hybridized carbons (Fsp3) is 0.361. The van der Waals surface area contributed by atoms with Crippen LogP contribution in [0.5, 0.6) is 0 Å². The first-order valence-electron chi connectivity index (χ1n) is 16.5. The Hall–Kier alpha value is -5.10. The number of pyridine rings is 1. The standard InChI is InChI=1S/C36H39FN8O3/c1-20(2)32(44-36(47)48-3)35(46)45-13-5-7-31(45)34-41-19-30(43-34)23-10-11-25(26(37)15-23)28-16-21-8-9-22(14-24(21)17-39-28)29-18-40-33(42-29)27-6-4-12-38-27/h8-11,14-20,27,31-32,38H,4-7,12-13H2,1-3H3,(H,40,42)(H,41,43)(H,44,47)/t27-,31-,32-/m0/s1. The van der Waals surface area contributed by atoms with Crippen molar-refractivity contribution in [1.82, 2.24) is 40.5 Å². The highest BCUT2D eigenvalue weighted by Gasteiger charge is 2.37. The first-order chi connectivity index (χ1) is 23.3. The molecule has 0 aliphatic carbocycles. The summed E-state index contributed by atoms with van der Waals surface area (Å²) in [6.45, 7) is 5.32. The third-order valence-electron chi connectivity index (χ3n) is 9.41. The number of likely N-dealkylation sites (tertiary alicyclic amines) is 1. The highest BCUT2D eigenvalue weighted by Crippen LogP contribution is 2.34. The molecule has 0 unspecified atom stereocenters. The third-order valence-corrected chi connectivity index (χ3v) is 9.41. The lowest BCUT2D eigenvalue weighted by Gasteiger charge is -2.30. The maximum Gasteiger partial charge on any atom is 0.407 e. The molecule has 48 heavy (non-hydrogen) atoms. The minimum absolute atomic E-state index is 0.129. The van der Waals surface area contributed by atoms with E-state index in [1.165, 1.54) is 13.2 Å². The molecule has 3 aromatic heterocycles. The molecule has 3 atom stereocenters. The van der Waals surface area contributed by atoms with Crippen molar-refractivity contribution < 1.29 is 18.7 Å². The van der Waals surface area contributed by atoms with Crippen LogP contribution in [-0.4, -0.2) is 68.1 Å². The number of carbonyl (C=O) groups is 2. The number of nitrogens with one attached hydrogen (secondary N) is 4. The number of benzene rings is 2. The molecular weight excluding hydrogens is 611 g/mol. The zero-order valence-corrected chi connectivity index (χ0v) is 27.2. The topological polar surface area (TPSA) is 141 Å². The van der Waals surface area contributed by atoms with Gasteiger partial charge >= 0.3 is 6.09 Å². The molecule has 12 heteroatoms. The Morgan fingerprint density at radius 3 is 2.40 bits per heavy atom. The number of hydrogen-bond donors (Lipinski definition) is 4. The molecule has 2 saturated heterocycles. The number of amides is 2. The van der Waals surface area contributed by atoms with Gasteiger partial charge in [0.25, 0.3) is 0 Å². The van der Waals surface area contributed by atoms with Gasteiger partial charge in [-0.05, 0) is 67.8 Å². The number of H-pyrrole nitrogens is 2. The van der Waals surface area contributed by atoms with Crippen molar-refractivity contribution in [2.75, 3.05) is 20.2 Å². The lowest BCUT2D eigenvalue weighted by atomic mass is 10.0. The van der Waals surface area contributed by atoms with Crippen LogP contribution in [0.1, 0.15) is 63.3 Å². The minimum atomic E-state index is -0.719. The van der Waals surface area contributed by atoms with Crippen LogP contribution >= 0.6 is 0 Å². The Labute approximate surface area is 277 Å². The SMILES string of the molecule is COC(=O)N[C@H](C(=O)N1CCC[C@H]1c1ncc(-c2ccc(-c3cc4ccc(-c5cnc([C@@H]6CCCN6)[nH]5)cc4cn3)c(F)c2)[nH]1)C(C)C. The molecule has 0 radical (unpaired) electrons. The molecule has 5 heterocycles. The van der Waals surface area contributed by atoms with Gasteiger partial charge in [-0.3, -0.25) is 9.78 Å². The van der Waals surface area contributed by atoms with Crippen molar-refractivity contribution >= 4 is 22.8 Å². The number of aromatic amines is 2. The number of halogens is 1. The van der Waals surface area contributed by atoms with Gasteiger partial charge in [0.05, 0.1) is 48.7 Å². The van der Waals surface area contributed by atoms with Gasteiger partial charge in [0.2, 0.25) is 5.91 Å². The van der Waals surface area contributed by atoms with Crippen molar-refractivity contribution in [2.24, 2.45) is 5.92 Å². The quantitative estimate of drug-likeness (QED) is 0.155. The lowest BCUT2D eigenvalue weighted by Crippen LogP contribution is -2.51. The molecule has 2 aromatic carbocycles. The molecular formula is C36H39FN8O3. The molecule has 5 aromatic rings. The maximum absolute atomic E-state index is 15.6. The highest BCUT2D eigenvalue weighted by atomic mass is 19.1. The summed E-state index contributed by atoms with van der Waals surface area (Å²) in [5.74, 6) is 0.872. The summed E-state index contributed by atoms with van der Waals surface area (Å²) in [4.78, 5) is 47.7. The predicted molar refractivity (Wildman–Crippen MR) is 180 cm³/mol. The van der Waals surface area contributed by atoms with Gasteiger partial charge in [0.1, 0.15) is 23.5 Å². The van der Waals surface area contributed by atoms with Gasteiger partial charge in [-0.1, -0.05) is 32.0 Å². The summed E-state index contributed by atoms with van der Waals surface area (Å²) in [6, 6.07) is 12.3. The van der Waals surface area contributed by atoms with Crippen LogP contribution in [0.2, 0.25) is 0 Å². The molecule has 2 aliphatic heterocycles. The third kappa shape index (κ3) is 6.15. The number of alkyl carbamates (subject to hydrolysis) is 1. The van der Waals surface area contributed by atoms with Gasteiger partial charge in [-0.2, -0.15) is 0 Å². The van der Waals surface area contributed by atoms with Gasteiger partial charge in [-0.25, -0.2) is 19.2 Å². The van der Waals surface area contributed by atoms with Crippen LogP contribution in [0.3, 0.4) is 0 Å². The fourth-order valence-electron chi connectivity index (χ4n) is 6.77. The molecule has 4 N–H and O–H groups in total. The van der Waals surface area contributed by atoms with Crippen molar-refractivity contribution in [3.8, 4) is 33.8 Å². The Morgan fingerprint density at radius 1 is 0.917 bits per heavy atom. The zero-order chi connectivity index (χ0) is 33.4. The smallest absolute Gasteiger partial charge is 0.407 e. The molecule has 2 fully saturated rings. The number of aromatic nitrogens is 5. The number of imidazole rings is 2. The fourth-order valence-corrected chi connectivity index (χ4v) is 6.77. The van der Waals surface area contributed by atoms with Gasteiger partial charge in [-0.15, -0.1) is 0 Å². The molecule has 0 spiro atoms. The second-order valence-corrected chi connectivity index (χ2v) is 12.9. The Balaban J connectivity index is 1.08. The van der Waals surface area contributed by atoms with E-state index in [1.54, 1.807) is 23.4 Å². The van der Waals surface area contributed by atoms with Gasteiger partial charge in [0.15, 0.2) is 0 Å². The number of nitrogens with zero attached hydrogens (tertiary/aromatic N) is 4. The van der Waals surface area contributed by atoms with E-state index in [0.717, 1.165) is 60.1 Å². The number of ether oxygens (including phenoxy) is 1. The van der Waals surface area contributed by atoms with Gasteiger partial charge < -0.3 is 30.2 Å². The summed E-state index contributed by atoms with van der Waals surface area (Å²) in [7, 11) is 1.27. The van der Waals surface area contributed by atoms with Crippen molar-refractivity contribution in [3.05, 3.63) is 78.5 Å². The summed E-state index contributed by atoms with van der Waals surface area (Å²) in [5.41, 5.74) is 4.20. The van der Waals surface area contributed by atoms with Crippen LogP contribution in [0.25, 0.3) is 44.5 Å². The van der Waals surface area contributed by atoms with Crippen LogP contribution < -0.4 is 10.6 Å². The number of methoxy groups -OCH3 is 1. The van der Waals surface area contributed by atoms with Crippen LogP contribution in [-0.2, 0) is 9.53 Å². The number of fused-ring (bicyclic) bond motifs is 1. The van der Waals surface area contributed by atoms with Crippen LogP contribution in [0, 0.1) is 11.7 Å². The van der Waals surface area contributed by atoms with Crippen molar-refractivity contribution in [3.63, 3.8) is 0 Å². The van der Waals surface area contributed by atoms with E-state index in [0.29, 0.717) is 34.9 Å². The minimum Gasteiger partial charge on any atom is -0.453 e. The molecule has 248 valence electrons. The molecule has 0 bridgehead atoms. The average molecular weight is 651 g/mol. The molecule has 7 rings (SSSR count). The second kappa shape index (κ2) is 13.2. The van der Waals surface area contributed by atoms with E-state index in [2.05, 4.69) is 41.6 Å². The first kappa shape index (κ1) is 31.5. The molecule has 0 saturated carbocycles. The van der Waals surface area contributed by atoms with Crippen molar-refractivity contribution in [2.45, 2.75) is 57.7 Å².